The van der Waals surface area contributed by atoms with Gasteiger partial charge in [-0.15, -0.1) is 10.2 Å². The molecule has 0 aliphatic carbocycles. The van der Waals surface area contributed by atoms with Crippen molar-refractivity contribution in [3.63, 3.8) is 0 Å². The van der Waals surface area contributed by atoms with Crippen LogP contribution >= 0.6 is 11.6 Å². The third-order valence-electron chi connectivity index (χ3n) is 3.19. The molecule has 0 atom stereocenters. The fourth-order valence-electron chi connectivity index (χ4n) is 2.03. The van der Waals surface area contributed by atoms with E-state index in [1.807, 2.05) is 0 Å². The summed E-state index contributed by atoms with van der Waals surface area (Å²) in [7, 11) is 0. The van der Waals surface area contributed by atoms with Crippen molar-refractivity contribution >= 4 is 11.6 Å². The highest BCUT2D eigenvalue weighted by Crippen LogP contribution is 2.28. The summed E-state index contributed by atoms with van der Waals surface area (Å²) in [4.78, 5) is 11.7. The van der Waals surface area contributed by atoms with Crippen molar-refractivity contribution in [1.29, 1.82) is 0 Å². The van der Waals surface area contributed by atoms with E-state index in [4.69, 9.17) is 16.0 Å². The summed E-state index contributed by atoms with van der Waals surface area (Å²) in [6, 6.07) is 8.32. The number of benzene rings is 1. The minimum absolute atomic E-state index is 0.00801. The molecule has 0 aliphatic heterocycles. The van der Waals surface area contributed by atoms with Gasteiger partial charge < -0.3 is 8.98 Å². The SMILES string of the molecule is O=c1ccc(C(F)(F)F)cn1Cc1nnc(-c2ccccc2Cl)o1. The highest BCUT2D eigenvalue weighted by Gasteiger charge is 2.31. The first kappa shape index (κ1) is 16.3. The number of rotatable bonds is 3. The second-order valence-electron chi connectivity index (χ2n) is 4.86. The molecule has 2 aromatic heterocycles. The van der Waals surface area contributed by atoms with Gasteiger partial charge in [0.15, 0.2) is 0 Å². The summed E-state index contributed by atoms with van der Waals surface area (Å²) in [6.07, 6.45) is -3.84. The molecular formula is C15H9ClF3N3O2. The van der Waals surface area contributed by atoms with Gasteiger partial charge in [0.1, 0.15) is 6.54 Å². The molecule has 0 saturated heterocycles. The van der Waals surface area contributed by atoms with Crippen LogP contribution in [0.15, 0.2) is 51.8 Å². The molecule has 0 aliphatic rings. The van der Waals surface area contributed by atoms with E-state index in [9.17, 15) is 18.0 Å². The van der Waals surface area contributed by atoms with E-state index in [-0.39, 0.29) is 18.3 Å². The van der Waals surface area contributed by atoms with Crippen molar-refractivity contribution < 1.29 is 17.6 Å². The largest absolute Gasteiger partial charge is 0.419 e. The molecule has 2 heterocycles. The Hall–Kier alpha value is -2.61. The van der Waals surface area contributed by atoms with Gasteiger partial charge in [0, 0.05) is 12.3 Å². The van der Waals surface area contributed by atoms with E-state index < -0.39 is 17.3 Å². The lowest BCUT2D eigenvalue weighted by Gasteiger charge is -2.09. The maximum absolute atomic E-state index is 12.7. The van der Waals surface area contributed by atoms with E-state index in [0.717, 1.165) is 16.7 Å². The van der Waals surface area contributed by atoms with Gasteiger partial charge in [0.05, 0.1) is 16.1 Å². The summed E-state index contributed by atoms with van der Waals surface area (Å²) in [5.74, 6) is 0.113. The van der Waals surface area contributed by atoms with Crippen LogP contribution in [0.1, 0.15) is 11.5 Å². The first-order valence-electron chi connectivity index (χ1n) is 6.69. The van der Waals surface area contributed by atoms with E-state index >= 15 is 0 Å². The lowest BCUT2D eigenvalue weighted by Crippen LogP contribution is -2.22. The van der Waals surface area contributed by atoms with Gasteiger partial charge in [-0.25, -0.2) is 0 Å². The van der Waals surface area contributed by atoms with Gasteiger partial charge in [-0.05, 0) is 18.2 Å². The molecule has 0 spiro atoms. The lowest BCUT2D eigenvalue weighted by molar-refractivity contribution is -0.138. The van der Waals surface area contributed by atoms with Gasteiger partial charge in [0.2, 0.25) is 11.8 Å². The molecule has 3 aromatic rings. The number of hydrogen-bond acceptors (Lipinski definition) is 4. The van der Waals surface area contributed by atoms with Crippen molar-refractivity contribution in [2.24, 2.45) is 0 Å². The normalized spacial score (nSPS) is 11.7. The Balaban J connectivity index is 1.91. The highest BCUT2D eigenvalue weighted by atomic mass is 35.5. The Kier molecular flexibility index (Phi) is 4.15. The van der Waals surface area contributed by atoms with Crippen molar-refractivity contribution in [3.05, 3.63) is 69.4 Å². The zero-order chi connectivity index (χ0) is 17.3. The van der Waals surface area contributed by atoms with Crippen LogP contribution in [0.4, 0.5) is 13.2 Å². The Labute approximate surface area is 138 Å². The van der Waals surface area contributed by atoms with Crippen LogP contribution in [0.3, 0.4) is 0 Å². The summed E-state index contributed by atoms with van der Waals surface area (Å²) in [5, 5.41) is 7.94. The van der Waals surface area contributed by atoms with Gasteiger partial charge in [-0.3, -0.25) is 4.79 Å². The minimum atomic E-state index is -4.55. The molecule has 0 radical (unpaired) electrons. The molecule has 0 bridgehead atoms. The Morgan fingerprint density at radius 2 is 1.88 bits per heavy atom. The van der Waals surface area contributed by atoms with E-state index in [1.165, 1.54) is 0 Å². The number of halogens is 4. The first-order valence-corrected chi connectivity index (χ1v) is 7.07. The summed E-state index contributed by atoms with van der Waals surface area (Å²) < 4.78 is 44.4. The van der Waals surface area contributed by atoms with E-state index in [0.29, 0.717) is 16.8 Å². The molecule has 0 saturated carbocycles. The van der Waals surface area contributed by atoms with Crippen LogP contribution in [-0.4, -0.2) is 14.8 Å². The van der Waals surface area contributed by atoms with Crippen molar-refractivity contribution in [2.75, 3.05) is 0 Å². The van der Waals surface area contributed by atoms with E-state index in [1.54, 1.807) is 24.3 Å². The predicted molar refractivity (Wildman–Crippen MR) is 79.6 cm³/mol. The predicted octanol–water partition coefficient (Wildman–Crippen LogP) is 3.62. The highest BCUT2D eigenvalue weighted by molar-refractivity contribution is 6.33. The summed E-state index contributed by atoms with van der Waals surface area (Å²) >= 11 is 6.02. The zero-order valence-corrected chi connectivity index (χ0v) is 12.7. The van der Waals surface area contributed by atoms with Crippen molar-refractivity contribution in [1.82, 2.24) is 14.8 Å². The van der Waals surface area contributed by atoms with Crippen LogP contribution < -0.4 is 5.56 Å². The van der Waals surface area contributed by atoms with Crippen LogP contribution in [0, 0.1) is 0 Å². The molecule has 24 heavy (non-hydrogen) atoms. The monoisotopic (exact) mass is 355 g/mol. The van der Waals surface area contributed by atoms with Gasteiger partial charge in [-0.1, -0.05) is 23.7 Å². The molecule has 124 valence electrons. The third-order valence-corrected chi connectivity index (χ3v) is 3.52. The standard InChI is InChI=1S/C15H9ClF3N3O2/c16-11-4-2-1-3-10(11)14-21-20-12(24-14)8-22-7-9(15(17,18)19)5-6-13(22)23/h1-7H,8H2. The molecule has 3 rings (SSSR count). The molecule has 0 unspecified atom stereocenters. The molecule has 9 heteroatoms. The van der Waals surface area contributed by atoms with Crippen LogP contribution in [0.5, 0.6) is 0 Å². The average Bonchev–Trinajstić information content (AvgIpc) is 2.97. The molecule has 0 fully saturated rings. The fraction of sp³-hybridized carbons (Fsp3) is 0.133. The average molecular weight is 356 g/mol. The Bertz CT molecular complexity index is 934. The minimum Gasteiger partial charge on any atom is -0.419 e. The van der Waals surface area contributed by atoms with E-state index in [2.05, 4.69) is 10.2 Å². The third kappa shape index (κ3) is 3.33. The molecule has 5 nitrogen and oxygen atoms in total. The van der Waals surface area contributed by atoms with Gasteiger partial charge in [0.25, 0.3) is 5.56 Å². The maximum Gasteiger partial charge on any atom is 0.417 e. The quantitative estimate of drug-likeness (QED) is 0.720. The topological polar surface area (TPSA) is 60.9 Å². The van der Waals surface area contributed by atoms with Gasteiger partial charge >= 0.3 is 6.18 Å². The summed E-state index contributed by atoms with van der Waals surface area (Å²) in [5.41, 5.74) is -1.05. The number of hydrogen-bond donors (Lipinski definition) is 0. The lowest BCUT2D eigenvalue weighted by atomic mass is 10.2. The first-order chi connectivity index (χ1) is 11.3. The number of nitrogens with zero attached hydrogens (tertiary/aromatic N) is 3. The van der Waals surface area contributed by atoms with Crippen molar-refractivity contribution in [2.45, 2.75) is 12.7 Å². The Morgan fingerprint density at radius 3 is 2.58 bits per heavy atom. The molecule has 0 amide bonds. The number of pyridine rings is 1. The maximum atomic E-state index is 12.7. The van der Waals surface area contributed by atoms with Crippen LogP contribution in [0.2, 0.25) is 5.02 Å². The summed E-state index contributed by atoms with van der Waals surface area (Å²) in [6.45, 7) is -0.278. The molecule has 1 aromatic carbocycles. The number of alkyl halides is 3. The fourth-order valence-corrected chi connectivity index (χ4v) is 2.25. The number of aromatic nitrogens is 3. The van der Waals surface area contributed by atoms with Crippen LogP contribution in [-0.2, 0) is 12.7 Å². The zero-order valence-electron chi connectivity index (χ0n) is 11.9. The smallest absolute Gasteiger partial charge is 0.417 e. The molecule has 0 N–H and O–H groups in total. The molecular weight excluding hydrogens is 347 g/mol. The second kappa shape index (κ2) is 6.12. The second-order valence-corrected chi connectivity index (χ2v) is 5.27. The Morgan fingerprint density at radius 1 is 1.12 bits per heavy atom. The van der Waals surface area contributed by atoms with Gasteiger partial charge in [-0.2, -0.15) is 13.2 Å². The van der Waals surface area contributed by atoms with Crippen molar-refractivity contribution in [3.8, 4) is 11.5 Å². The van der Waals surface area contributed by atoms with Crippen LogP contribution in [0.25, 0.3) is 11.5 Å².